The molecular weight excluding hydrogens is 207 g/mol. The van der Waals surface area contributed by atoms with Gasteiger partial charge in [-0.05, 0) is 36.6 Å². The van der Waals surface area contributed by atoms with Gasteiger partial charge in [0.15, 0.2) is 0 Å². The van der Waals surface area contributed by atoms with Gasteiger partial charge in [-0.1, -0.05) is 13.8 Å². The van der Waals surface area contributed by atoms with Crippen LogP contribution in [0.2, 0.25) is 0 Å². The Kier molecular flexibility index (Phi) is 4.28. The summed E-state index contributed by atoms with van der Waals surface area (Å²) in [5.41, 5.74) is 1.34. The summed E-state index contributed by atoms with van der Waals surface area (Å²) in [6.45, 7) is 6.40. The van der Waals surface area contributed by atoms with Crippen molar-refractivity contribution < 1.29 is 9.18 Å². The van der Waals surface area contributed by atoms with E-state index in [2.05, 4.69) is 10.6 Å². The van der Waals surface area contributed by atoms with E-state index in [-0.39, 0.29) is 11.8 Å². The molecule has 0 spiro atoms. The van der Waals surface area contributed by atoms with Gasteiger partial charge in [-0.2, -0.15) is 0 Å². The van der Waals surface area contributed by atoms with Crippen molar-refractivity contribution in [2.45, 2.75) is 20.8 Å². The number of carbonyl (C=O) groups is 1. The zero-order chi connectivity index (χ0) is 12.1. The standard InChI is InChI=1S/C12H17FN2O/c1-8(2)7-14-12(16)15-11-5-4-10(13)6-9(11)3/h4-6,8H,7H2,1-3H3,(H2,14,15,16). The number of rotatable bonds is 3. The van der Waals surface area contributed by atoms with Crippen molar-refractivity contribution in [3.8, 4) is 0 Å². The highest BCUT2D eigenvalue weighted by atomic mass is 19.1. The van der Waals surface area contributed by atoms with Crippen molar-refractivity contribution in [1.82, 2.24) is 5.32 Å². The van der Waals surface area contributed by atoms with Crippen LogP contribution in [0.15, 0.2) is 18.2 Å². The quantitative estimate of drug-likeness (QED) is 0.814. The first-order valence-corrected chi connectivity index (χ1v) is 5.30. The van der Waals surface area contributed by atoms with Crippen LogP contribution in [-0.2, 0) is 0 Å². The van der Waals surface area contributed by atoms with Crippen LogP contribution in [0.1, 0.15) is 19.4 Å². The Morgan fingerprint density at radius 3 is 2.69 bits per heavy atom. The number of nitrogens with one attached hydrogen (secondary N) is 2. The minimum absolute atomic E-state index is 0.261. The van der Waals surface area contributed by atoms with E-state index in [4.69, 9.17) is 0 Å². The highest BCUT2D eigenvalue weighted by Crippen LogP contribution is 2.15. The van der Waals surface area contributed by atoms with E-state index in [0.717, 1.165) is 0 Å². The molecule has 1 aromatic carbocycles. The number of hydrogen-bond acceptors (Lipinski definition) is 1. The van der Waals surface area contributed by atoms with Gasteiger partial charge in [0.2, 0.25) is 0 Å². The number of anilines is 1. The average molecular weight is 224 g/mol. The van der Waals surface area contributed by atoms with Crippen LogP contribution < -0.4 is 10.6 Å². The van der Waals surface area contributed by atoms with Crippen molar-refractivity contribution in [2.75, 3.05) is 11.9 Å². The van der Waals surface area contributed by atoms with E-state index < -0.39 is 0 Å². The minimum Gasteiger partial charge on any atom is -0.338 e. The Bertz CT molecular complexity index is 377. The molecule has 0 aliphatic rings. The lowest BCUT2D eigenvalue weighted by Gasteiger charge is -2.11. The molecule has 0 atom stereocenters. The average Bonchev–Trinajstić information content (AvgIpc) is 2.19. The predicted octanol–water partition coefficient (Wildman–Crippen LogP) is 2.91. The third-order valence-corrected chi connectivity index (χ3v) is 2.11. The molecule has 0 heterocycles. The number of aryl methyl sites for hydroxylation is 1. The van der Waals surface area contributed by atoms with Crippen LogP contribution in [0.25, 0.3) is 0 Å². The molecular formula is C12H17FN2O. The maximum atomic E-state index is 12.8. The van der Waals surface area contributed by atoms with Gasteiger partial charge in [-0.25, -0.2) is 9.18 Å². The van der Waals surface area contributed by atoms with Gasteiger partial charge in [0.1, 0.15) is 5.82 Å². The SMILES string of the molecule is Cc1cc(F)ccc1NC(=O)NCC(C)C. The smallest absolute Gasteiger partial charge is 0.319 e. The molecule has 1 rings (SSSR count). The van der Waals surface area contributed by atoms with Crippen LogP contribution in [0.4, 0.5) is 14.9 Å². The Morgan fingerprint density at radius 2 is 2.12 bits per heavy atom. The molecule has 0 aromatic heterocycles. The van der Waals surface area contributed by atoms with E-state index in [1.807, 2.05) is 13.8 Å². The lowest BCUT2D eigenvalue weighted by atomic mass is 10.2. The summed E-state index contributed by atoms with van der Waals surface area (Å²) in [5, 5.41) is 5.40. The summed E-state index contributed by atoms with van der Waals surface area (Å²) < 4.78 is 12.8. The fourth-order valence-electron chi connectivity index (χ4n) is 1.23. The van der Waals surface area contributed by atoms with E-state index in [0.29, 0.717) is 23.7 Å². The number of amides is 2. The molecule has 3 nitrogen and oxygen atoms in total. The number of halogens is 1. The Balaban J connectivity index is 2.56. The molecule has 0 radical (unpaired) electrons. The van der Waals surface area contributed by atoms with Crippen molar-refractivity contribution in [1.29, 1.82) is 0 Å². The monoisotopic (exact) mass is 224 g/mol. The number of hydrogen-bond donors (Lipinski definition) is 2. The summed E-state index contributed by atoms with van der Waals surface area (Å²) >= 11 is 0. The number of urea groups is 1. The molecule has 1 aromatic rings. The van der Waals surface area contributed by atoms with Crippen LogP contribution in [0.3, 0.4) is 0 Å². The molecule has 2 N–H and O–H groups in total. The summed E-state index contributed by atoms with van der Waals surface area (Å²) in [6.07, 6.45) is 0. The largest absolute Gasteiger partial charge is 0.338 e. The fourth-order valence-corrected chi connectivity index (χ4v) is 1.23. The highest BCUT2D eigenvalue weighted by molar-refractivity contribution is 5.89. The Labute approximate surface area is 95.0 Å². The molecule has 0 fully saturated rings. The molecule has 0 aliphatic heterocycles. The topological polar surface area (TPSA) is 41.1 Å². The normalized spacial score (nSPS) is 10.3. The first kappa shape index (κ1) is 12.5. The van der Waals surface area contributed by atoms with E-state index in [1.54, 1.807) is 13.0 Å². The van der Waals surface area contributed by atoms with Gasteiger partial charge >= 0.3 is 6.03 Å². The third-order valence-electron chi connectivity index (χ3n) is 2.11. The van der Waals surface area contributed by atoms with Crippen molar-refractivity contribution in [2.24, 2.45) is 5.92 Å². The molecule has 0 aliphatic carbocycles. The second kappa shape index (κ2) is 5.49. The predicted molar refractivity (Wildman–Crippen MR) is 63.0 cm³/mol. The van der Waals surface area contributed by atoms with Crippen molar-refractivity contribution in [3.05, 3.63) is 29.6 Å². The second-order valence-electron chi connectivity index (χ2n) is 4.19. The van der Waals surface area contributed by atoms with Crippen LogP contribution in [-0.4, -0.2) is 12.6 Å². The lowest BCUT2D eigenvalue weighted by molar-refractivity contribution is 0.251. The van der Waals surface area contributed by atoms with Crippen LogP contribution in [0, 0.1) is 18.7 Å². The molecule has 88 valence electrons. The molecule has 4 heteroatoms. The van der Waals surface area contributed by atoms with Gasteiger partial charge in [0.05, 0.1) is 0 Å². The molecule has 0 bridgehead atoms. The molecule has 0 unspecified atom stereocenters. The molecule has 2 amide bonds. The summed E-state index contributed by atoms with van der Waals surface area (Å²) in [4.78, 5) is 11.4. The maximum Gasteiger partial charge on any atom is 0.319 e. The van der Waals surface area contributed by atoms with Crippen LogP contribution >= 0.6 is 0 Å². The summed E-state index contributed by atoms with van der Waals surface area (Å²) in [5.74, 6) is 0.103. The first-order chi connectivity index (χ1) is 7.49. The highest BCUT2D eigenvalue weighted by Gasteiger charge is 2.05. The fraction of sp³-hybridized carbons (Fsp3) is 0.417. The van der Waals surface area contributed by atoms with Gasteiger partial charge in [0.25, 0.3) is 0 Å². The van der Waals surface area contributed by atoms with E-state index in [9.17, 15) is 9.18 Å². The molecule has 16 heavy (non-hydrogen) atoms. The van der Waals surface area contributed by atoms with Gasteiger partial charge in [0, 0.05) is 12.2 Å². The lowest BCUT2D eigenvalue weighted by Crippen LogP contribution is -2.31. The third kappa shape index (κ3) is 3.88. The molecule has 0 saturated heterocycles. The number of benzene rings is 1. The van der Waals surface area contributed by atoms with Gasteiger partial charge in [-0.3, -0.25) is 0 Å². The zero-order valence-corrected chi connectivity index (χ0v) is 9.80. The van der Waals surface area contributed by atoms with Crippen molar-refractivity contribution >= 4 is 11.7 Å². The van der Waals surface area contributed by atoms with Crippen LogP contribution in [0.5, 0.6) is 0 Å². The van der Waals surface area contributed by atoms with E-state index >= 15 is 0 Å². The van der Waals surface area contributed by atoms with Gasteiger partial charge in [-0.15, -0.1) is 0 Å². The zero-order valence-electron chi connectivity index (χ0n) is 9.80. The van der Waals surface area contributed by atoms with Crippen molar-refractivity contribution in [3.63, 3.8) is 0 Å². The first-order valence-electron chi connectivity index (χ1n) is 5.30. The van der Waals surface area contributed by atoms with E-state index in [1.165, 1.54) is 12.1 Å². The summed E-state index contributed by atoms with van der Waals surface area (Å²) in [7, 11) is 0. The molecule has 0 saturated carbocycles. The number of carbonyl (C=O) groups excluding carboxylic acids is 1. The second-order valence-corrected chi connectivity index (χ2v) is 4.19. The van der Waals surface area contributed by atoms with Gasteiger partial charge < -0.3 is 10.6 Å². The summed E-state index contributed by atoms with van der Waals surface area (Å²) in [6, 6.07) is 4.01. The minimum atomic E-state index is -0.300. The maximum absolute atomic E-state index is 12.8. The Morgan fingerprint density at radius 1 is 1.44 bits per heavy atom. The Hall–Kier alpha value is -1.58.